The van der Waals surface area contributed by atoms with Crippen molar-refractivity contribution in [2.45, 2.75) is 50.9 Å². The molecule has 5 atom stereocenters. The summed E-state index contributed by atoms with van der Waals surface area (Å²) < 4.78 is 5.84. The lowest BCUT2D eigenvalue weighted by molar-refractivity contribution is 0.0992. The Balaban J connectivity index is 0.00000120. The summed E-state index contributed by atoms with van der Waals surface area (Å²) in [5.41, 5.74) is 0. The van der Waals surface area contributed by atoms with Crippen LogP contribution in [0.5, 0.6) is 0 Å². The summed E-state index contributed by atoms with van der Waals surface area (Å²) >= 11 is 0. The second-order valence-electron chi connectivity index (χ2n) is 5.79. The number of aliphatic imine (C=N–C) groups is 1. The molecule has 2 aliphatic heterocycles. The second kappa shape index (κ2) is 5.94. The van der Waals surface area contributed by atoms with Gasteiger partial charge in [0.1, 0.15) is 0 Å². The third-order valence-corrected chi connectivity index (χ3v) is 4.46. The lowest BCUT2D eigenvalue weighted by Gasteiger charge is -2.22. The number of hydrogen-bond acceptors (Lipinski definition) is 2. The third-order valence-electron chi connectivity index (χ3n) is 4.46. The summed E-state index contributed by atoms with van der Waals surface area (Å²) in [5, 5.41) is 6.94. The Labute approximate surface area is 126 Å². The molecule has 5 unspecified atom stereocenters. The molecular formula is C13H24IN3O. The zero-order chi connectivity index (χ0) is 11.8. The molecule has 2 bridgehead atoms. The fraction of sp³-hybridized carbons (Fsp3) is 0.923. The summed E-state index contributed by atoms with van der Waals surface area (Å²) in [7, 11) is 1.85. The van der Waals surface area contributed by atoms with Crippen LogP contribution in [0.25, 0.3) is 0 Å². The minimum atomic E-state index is 0. The molecule has 0 aromatic rings. The molecule has 0 spiro atoms. The molecular weight excluding hydrogens is 341 g/mol. The van der Waals surface area contributed by atoms with Gasteiger partial charge in [-0.1, -0.05) is 6.92 Å². The van der Waals surface area contributed by atoms with Crippen molar-refractivity contribution >= 4 is 29.9 Å². The highest BCUT2D eigenvalue weighted by atomic mass is 127. The number of nitrogens with zero attached hydrogens (tertiary/aromatic N) is 1. The van der Waals surface area contributed by atoms with Gasteiger partial charge in [0.15, 0.2) is 5.96 Å². The van der Waals surface area contributed by atoms with Crippen molar-refractivity contribution in [3.05, 3.63) is 0 Å². The van der Waals surface area contributed by atoms with Crippen LogP contribution in [-0.2, 0) is 4.74 Å². The third kappa shape index (κ3) is 3.10. The first-order chi connectivity index (χ1) is 8.26. The molecule has 2 saturated heterocycles. The molecule has 3 aliphatic rings. The van der Waals surface area contributed by atoms with Crippen molar-refractivity contribution in [3.63, 3.8) is 0 Å². The highest BCUT2D eigenvalue weighted by Gasteiger charge is 2.41. The minimum Gasteiger partial charge on any atom is -0.373 e. The van der Waals surface area contributed by atoms with Crippen LogP contribution in [0.4, 0.5) is 0 Å². The van der Waals surface area contributed by atoms with Crippen molar-refractivity contribution in [1.82, 2.24) is 10.6 Å². The molecule has 0 radical (unpaired) electrons. The number of nitrogens with one attached hydrogen (secondary N) is 2. The summed E-state index contributed by atoms with van der Waals surface area (Å²) in [6.07, 6.45) is 5.87. The predicted molar refractivity (Wildman–Crippen MR) is 83.5 cm³/mol. The van der Waals surface area contributed by atoms with Crippen molar-refractivity contribution in [2.75, 3.05) is 13.6 Å². The van der Waals surface area contributed by atoms with Crippen LogP contribution in [0.15, 0.2) is 4.99 Å². The van der Waals surface area contributed by atoms with E-state index in [0.29, 0.717) is 18.2 Å². The normalized spacial score (nSPS) is 41.4. The van der Waals surface area contributed by atoms with Crippen LogP contribution < -0.4 is 10.6 Å². The van der Waals surface area contributed by atoms with Crippen molar-refractivity contribution in [3.8, 4) is 0 Å². The van der Waals surface area contributed by atoms with Crippen molar-refractivity contribution < 1.29 is 4.74 Å². The van der Waals surface area contributed by atoms with Crippen LogP contribution in [0.3, 0.4) is 0 Å². The quantitative estimate of drug-likeness (QED) is 0.455. The maximum absolute atomic E-state index is 5.84. The molecule has 1 aliphatic carbocycles. The Hall–Kier alpha value is -0.0400. The molecule has 4 nitrogen and oxygen atoms in total. The van der Waals surface area contributed by atoms with Gasteiger partial charge in [-0.15, -0.1) is 24.0 Å². The average molecular weight is 365 g/mol. The van der Waals surface area contributed by atoms with E-state index < -0.39 is 0 Å². The van der Waals surface area contributed by atoms with Gasteiger partial charge in [0.25, 0.3) is 0 Å². The van der Waals surface area contributed by atoms with E-state index >= 15 is 0 Å². The zero-order valence-electron chi connectivity index (χ0n) is 11.2. The molecule has 0 aromatic heterocycles. The Morgan fingerprint density at radius 1 is 1.33 bits per heavy atom. The maximum Gasteiger partial charge on any atom is 0.191 e. The number of halogens is 1. The first kappa shape index (κ1) is 14.4. The number of guanidine groups is 1. The Morgan fingerprint density at radius 3 is 2.61 bits per heavy atom. The van der Waals surface area contributed by atoms with Gasteiger partial charge < -0.3 is 15.4 Å². The molecule has 2 N–H and O–H groups in total. The van der Waals surface area contributed by atoms with Crippen LogP contribution in [0.1, 0.15) is 32.6 Å². The summed E-state index contributed by atoms with van der Waals surface area (Å²) in [6.45, 7) is 3.37. The largest absolute Gasteiger partial charge is 0.373 e. The predicted octanol–water partition coefficient (Wildman–Crippen LogP) is 1.75. The smallest absolute Gasteiger partial charge is 0.191 e. The van der Waals surface area contributed by atoms with Crippen molar-refractivity contribution in [1.29, 1.82) is 0 Å². The van der Waals surface area contributed by atoms with Crippen LogP contribution in [0, 0.1) is 11.8 Å². The van der Waals surface area contributed by atoms with Crippen LogP contribution >= 0.6 is 24.0 Å². The van der Waals surface area contributed by atoms with Gasteiger partial charge >= 0.3 is 0 Å². The second-order valence-corrected chi connectivity index (χ2v) is 5.79. The van der Waals surface area contributed by atoms with E-state index in [1.54, 1.807) is 0 Å². The molecule has 3 fully saturated rings. The molecule has 104 valence electrons. The SMILES string of the molecule is CN=C(NCC1CC1C)NC1CC2CCC1O2.I. The summed E-state index contributed by atoms with van der Waals surface area (Å²) in [5.74, 6) is 2.70. The molecule has 0 aromatic carbocycles. The van der Waals surface area contributed by atoms with E-state index in [1.807, 2.05) is 7.05 Å². The molecule has 5 heteroatoms. The van der Waals surface area contributed by atoms with E-state index in [1.165, 1.54) is 19.3 Å². The van der Waals surface area contributed by atoms with Gasteiger partial charge in [-0.3, -0.25) is 4.99 Å². The van der Waals surface area contributed by atoms with Gasteiger partial charge in [-0.05, 0) is 37.5 Å². The van der Waals surface area contributed by atoms with Crippen molar-refractivity contribution in [2.24, 2.45) is 16.8 Å². The number of fused-ring (bicyclic) bond motifs is 2. The van der Waals surface area contributed by atoms with E-state index in [4.69, 9.17) is 4.74 Å². The molecule has 3 rings (SSSR count). The van der Waals surface area contributed by atoms with Gasteiger partial charge in [-0.25, -0.2) is 0 Å². The van der Waals surface area contributed by atoms with E-state index in [2.05, 4.69) is 22.5 Å². The molecule has 0 amide bonds. The van der Waals surface area contributed by atoms with Gasteiger partial charge in [0.05, 0.1) is 18.2 Å². The summed E-state index contributed by atoms with van der Waals surface area (Å²) in [4.78, 5) is 4.30. The fourth-order valence-corrected chi connectivity index (χ4v) is 3.07. The minimum absolute atomic E-state index is 0. The number of hydrogen-bond donors (Lipinski definition) is 2. The Morgan fingerprint density at radius 2 is 2.11 bits per heavy atom. The topological polar surface area (TPSA) is 45.7 Å². The number of rotatable bonds is 3. The Bertz CT molecular complexity index is 323. The van der Waals surface area contributed by atoms with Gasteiger partial charge in [0.2, 0.25) is 0 Å². The van der Waals surface area contributed by atoms with Gasteiger partial charge in [0, 0.05) is 13.6 Å². The monoisotopic (exact) mass is 365 g/mol. The van der Waals surface area contributed by atoms with E-state index in [0.717, 1.165) is 30.8 Å². The standard InChI is InChI=1S/C13H23N3O.HI/c1-8-5-9(8)7-15-13(14-2)16-11-6-10-3-4-12(11)17-10;/h8-12H,3-7H2,1-2H3,(H2,14,15,16);1H. The Kier molecular flexibility index (Phi) is 4.75. The van der Waals surface area contributed by atoms with E-state index in [-0.39, 0.29) is 24.0 Å². The molecule has 18 heavy (non-hydrogen) atoms. The number of ether oxygens (including phenoxy) is 1. The lowest BCUT2D eigenvalue weighted by Crippen LogP contribution is -2.47. The van der Waals surface area contributed by atoms with Crippen LogP contribution in [-0.4, -0.2) is 37.8 Å². The fourth-order valence-electron chi connectivity index (χ4n) is 3.07. The first-order valence-corrected chi connectivity index (χ1v) is 6.89. The molecule has 2 heterocycles. The van der Waals surface area contributed by atoms with Crippen LogP contribution in [0.2, 0.25) is 0 Å². The zero-order valence-corrected chi connectivity index (χ0v) is 13.5. The lowest BCUT2D eigenvalue weighted by atomic mass is 9.96. The first-order valence-electron chi connectivity index (χ1n) is 6.89. The van der Waals surface area contributed by atoms with Gasteiger partial charge in [-0.2, -0.15) is 0 Å². The average Bonchev–Trinajstić information content (AvgIpc) is 2.78. The van der Waals surface area contributed by atoms with E-state index in [9.17, 15) is 0 Å². The highest BCUT2D eigenvalue weighted by molar-refractivity contribution is 14.0. The highest BCUT2D eigenvalue weighted by Crippen LogP contribution is 2.37. The summed E-state index contributed by atoms with van der Waals surface area (Å²) in [6, 6.07) is 0.469. The maximum atomic E-state index is 5.84. The molecule has 1 saturated carbocycles.